The molecule has 0 aliphatic rings. The molecule has 1 heterocycles. The lowest BCUT2D eigenvalue weighted by Crippen LogP contribution is -2.32. The molecule has 0 aliphatic carbocycles. The Labute approximate surface area is 156 Å². The van der Waals surface area contributed by atoms with Gasteiger partial charge in [-0.3, -0.25) is 9.59 Å². The van der Waals surface area contributed by atoms with Gasteiger partial charge in [-0.05, 0) is 36.1 Å². The molecule has 1 N–H and O–H groups in total. The molecule has 4 nitrogen and oxygen atoms in total. The van der Waals surface area contributed by atoms with E-state index in [-0.39, 0.29) is 24.3 Å². The lowest BCUT2D eigenvalue weighted by atomic mass is 10.1. The predicted octanol–water partition coefficient (Wildman–Crippen LogP) is 4.24. The normalized spacial score (nSPS) is 11.6. The molecular weight excluding hydrogens is 346 g/mol. The Morgan fingerprint density at radius 1 is 1.04 bits per heavy atom. The first kappa shape index (κ1) is 17.9. The van der Waals surface area contributed by atoms with E-state index in [4.69, 9.17) is 4.74 Å². The van der Waals surface area contributed by atoms with Crippen LogP contribution in [0.5, 0.6) is 5.75 Å². The van der Waals surface area contributed by atoms with E-state index >= 15 is 0 Å². The zero-order chi connectivity index (χ0) is 18.4. The zero-order valence-corrected chi connectivity index (χ0v) is 15.2. The van der Waals surface area contributed by atoms with Crippen LogP contribution in [-0.4, -0.2) is 18.3 Å². The Morgan fingerprint density at radius 2 is 1.85 bits per heavy atom. The fourth-order valence-electron chi connectivity index (χ4n) is 2.58. The van der Waals surface area contributed by atoms with Crippen LogP contribution in [0.3, 0.4) is 0 Å². The number of ketones is 1. The zero-order valence-electron chi connectivity index (χ0n) is 14.3. The van der Waals surface area contributed by atoms with Crippen molar-refractivity contribution < 1.29 is 14.3 Å². The van der Waals surface area contributed by atoms with E-state index in [2.05, 4.69) is 5.32 Å². The van der Waals surface area contributed by atoms with Gasteiger partial charge in [0, 0.05) is 10.4 Å². The van der Waals surface area contributed by atoms with Crippen molar-refractivity contribution in [3.05, 3.63) is 88.1 Å². The number of ether oxygens (including phenoxy) is 1. The van der Waals surface area contributed by atoms with E-state index < -0.39 is 0 Å². The van der Waals surface area contributed by atoms with E-state index in [0.717, 1.165) is 10.4 Å². The second kappa shape index (κ2) is 8.45. The Morgan fingerprint density at radius 3 is 2.54 bits per heavy atom. The van der Waals surface area contributed by atoms with E-state index in [1.165, 1.54) is 6.92 Å². The highest BCUT2D eigenvalue weighted by Gasteiger charge is 2.18. The van der Waals surface area contributed by atoms with Gasteiger partial charge in [0.2, 0.25) is 0 Å². The minimum Gasteiger partial charge on any atom is -0.484 e. The molecule has 1 aromatic heterocycles. The van der Waals surface area contributed by atoms with Crippen LogP contribution < -0.4 is 10.1 Å². The molecule has 0 unspecified atom stereocenters. The molecule has 1 amide bonds. The van der Waals surface area contributed by atoms with Crippen LogP contribution in [0.15, 0.2) is 72.1 Å². The summed E-state index contributed by atoms with van der Waals surface area (Å²) in [7, 11) is 0. The number of rotatable bonds is 7. The Kier molecular flexibility index (Phi) is 5.81. The molecule has 2 aromatic carbocycles. The van der Waals surface area contributed by atoms with Crippen LogP contribution in [0.4, 0.5) is 0 Å². The van der Waals surface area contributed by atoms with E-state index in [0.29, 0.717) is 11.3 Å². The first-order chi connectivity index (χ1) is 12.6. The lowest BCUT2D eigenvalue weighted by molar-refractivity contribution is -0.123. The predicted molar refractivity (Wildman–Crippen MR) is 103 cm³/mol. The summed E-state index contributed by atoms with van der Waals surface area (Å²) in [5, 5.41) is 5.01. The smallest absolute Gasteiger partial charge is 0.258 e. The number of carbonyl (C=O) groups is 2. The molecular formula is C21H19NO3S. The van der Waals surface area contributed by atoms with Crippen LogP contribution in [0.2, 0.25) is 0 Å². The minimum atomic E-state index is -0.222. The van der Waals surface area contributed by atoms with Crippen LogP contribution in [0.25, 0.3) is 0 Å². The molecule has 3 aromatic rings. The molecule has 0 saturated carbocycles. The first-order valence-corrected chi connectivity index (χ1v) is 9.13. The summed E-state index contributed by atoms with van der Waals surface area (Å²) in [5.74, 6) is 0.238. The summed E-state index contributed by atoms with van der Waals surface area (Å²) in [6, 6.07) is 20.4. The number of hydrogen-bond acceptors (Lipinski definition) is 4. The van der Waals surface area contributed by atoms with Gasteiger partial charge >= 0.3 is 0 Å². The number of Topliss-reactive ketones (excluding diaryl/α,β-unsaturated/α-hetero) is 1. The van der Waals surface area contributed by atoms with E-state index in [1.54, 1.807) is 35.6 Å². The number of benzene rings is 2. The van der Waals surface area contributed by atoms with Gasteiger partial charge in [-0.2, -0.15) is 0 Å². The van der Waals surface area contributed by atoms with Crippen molar-refractivity contribution in [1.29, 1.82) is 0 Å². The van der Waals surface area contributed by atoms with Crippen molar-refractivity contribution >= 4 is 23.0 Å². The Balaban J connectivity index is 1.67. The van der Waals surface area contributed by atoms with Gasteiger partial charge in [-0.1, -0.05) is 48.5 Å². The second-order valence-corrected chi connectivity index (χ2v) is 6.78. The number of carbonyl (C=O) groups excluding carboxylic acids is 2. The summed E-state index contributed by atoms with van der Waals surface area (Å²) in [6.45, 7) is 1.38. The number of hydrogen-bond donors (Lipinski definition) is 1. The van der Waals surface area contributed by atoms with Gasteiger partial charge in [-0.25, -0.2) is 0 Å². The molecule has 0 radical (unpaired) electrons. The third kappa shape index (κ3) is 4.58. The molecule has 0 spiro atoms. The topological polar surface area (TPSA) is 55.4 Å². The van der Waals surface area contributed by atoms with Gasteiger partial charge in [0.05, 0.1) is 6.04 Å². The molecule has 3 rings (SSSR count). The van der Waals surface area contributed by atoms with Crippen LogP contribution in [0.1, 0.15) is 33.8 Å². The van der Waals surface area contributed by atoms with Crippen LogP contribution >= 0.6 is 11.3 Å². The second-order valence-electron chi connectivity index (χ2n) is 5.80. The average molecular weight is 365 g/mol. The third-order valence-corrected chi connectivity index (χ3v) is 4.81. The summed E-state index contributed by atoms with van der Waals surface area (Å²) in [5.41, 5.74) is 1.57. The molecule has 26 heavy (non-hydrogen) atoms. The average Bonchev–Trinajstić information content (AvgIpc) is 3.20. The maximum Gasteiger partial charge on any atom is 0.258 e. The highest BCUT2D eigenvalue weighted by Crippen LogP contribution is 2.25. The van der Waals surface area contributed by atoms with Gasteiger partial charge < -0.3 is 10.1 Å². The highest BCUT2D eigenvalue weighted by molar-refractivity contribution is 7.10. The van der Waals surface area contributed by atoms with Crippen molar-refractivity contribution in [2.45, 2.75) is 13.0 Å². The Hall–Kier alpha value is -2.92. The largest absolute Gasteiger partial charge is 0.484 e. The van der Waals surface area contributed by atoms with Crippen LogP contribution in [-0.2, 0) is 4.79 Å². The summed E-state index contributed by atoms with van der Waals surface area (Å²) in [4.78, 5) is 24.9. The van der Waals surface area contributed by atoms with Gasteiger partial charge in [0.25, 0.3) is 5.91 Å². The van der Waals surface area contributed by atoms with Crippen molar-refractivity contribution in [3.8, 4) is 5.75 Å². The highest BCUT2D eigenvalue weighted by atomic mass is 32.1. The standard InChI is InChI=1S/C21H19NO3S/c1-15(23)17-9-5-10-18(13-17)25-14-20(24)22-21(19-11-6-12-26-19)16-7-3-2-4-8-16/h2-13,21H,14H2,1H3,(H,22,24)/t21-/m1/s1. The maximum atomic E-state index is 12.4. The number of nitrogens with one attached hydrogen (secondary N) is 1. The molecule has 0 saturated heterocycles. The molecule has 0 bridgehead atoms. The Bertz CT molecular complexity index is 875. The number of thiophene rings is 1. The van der Waals surface area contributed by atoms with E-state index in [1.807, 2.05) is 47.8 Å². The maximum absolute atomic E-state index is 12.4. The van der Waals surface area contributed by atoms with Gasteiger partial charge in [-0.15, -0.1) is 11.3 Å². The third-order valence-electron chi connectivity index (χ3n) is 3.88. The molecule has 1 atom stereocenters. The quantitative estimate of drug-likeness (QED) is 0.637. The van der Waals surface area contributed by atoms with E-state index in [9.17, 15) is 9.59 Å². The van der Waals surface area contributed by atoms with Crippen molar-refractivity contribution in [2.75, 3.05) is 6.61 Å². The molecule has 0 aliphatic heterocycles. The van der Waals surface area contributed by atoms with Crippen molar-refractivity contribution in [2.24, 2.45) is 0 Å². The monoisotopic (exact) mass is 365 g/mol. The first-order valence-electron chi connectivity index (χ1n) is 8.25. The SMILES string of the molecule is CC(=O)c1cccc(OCC(=O)N[C@H](c2ccccc2)c2cccs2)c1. The molecule has 132 valence electrons. The summed E-state index contributed by atoms with van der Waals surface area (Å²) in [6.07, 6.45) is 0. The van der Waals surface area contributed by atoms with Gasteiger partial charge in [0.15, 0.2) is 12.4 Å². The van der Waals surface area contributed by atoms with Crippen LogP contribution in [0, 0.1) is 0 Å². The minimum absolute atomic E-state index is 0.0401. The van der Waals surface area contributed by atoms with Crippen molar-refractivity contribution in [1.82, 2.24) is 5.32 Å². The van der Waals surface area contributed by atoms with Crippen molar-refractivity contribution in [3.63, 3.8) is 0 Å². The fraction of sp³-hybridized carbons (Fsp3) is 0.143. The summed E-state index contributed by atoms with van der Waals surface area (Å²) >= 11 is 1.59. The fourth-order valence-corrected chi connectivity index (χ4v) is 3.38. The number of amides is 1. The van der Waals surface area contributed by atoms with Gasteiger partial charge in [0.1, 0.15) is 5.75 Å². The molecule has 0 fully saturated rings. The summed E-state index contributed by atoms with van der Waals surface area (Å²) < 4.78 is 5.55. The lowest BCUT2D eigenvalue weighted by Gasteiger charge is -2.18. The molecule has 5 heteroatoms.